The minimum Gasteiger partial charge on any atom is -0.383 e. The fourth-order valence-electron chi connectivity index (χ4n) is 1.24. The Balaban J connectivity index is 4.39. The summed E-state index contributed by atoms with van der Waals surface area (Å²) in [5.41, 5.74) is 0. The average Bonchev–Trinajstić information content (AvgIpc) is 2.25. The van der Waals surface area contributed by atoms with Crippen molar-refractivity contribution in [1.82, 2.24) is 10.2 Å². The van der Waals surface area contributed by atoms with E-state index in [1.54, 1.807) is 28.0 Å². The van der Waals surface area contributed by atoms with Gasteiger partial charge in [0.1, 0.15) is 0 Å². The highest BCUT2D eigenvalue weighted by molar-refractivity contribution is 7.91. The maximum atomic E-state index is 11.7. The van der Waals surface area contributed by atoms with E-state index in [2.05, 4.69) is 5.32 Å². The summed E-state index contributed by atoms with van der Waals surface area (Å²) in [5.74, 6) is 0. The van der Waals surface area contributed by atoms with Crippen LogP contribution in [0.15, 0.2) is 0 Å². The van der Waals surface area contributed by atoms with Gasteiger partial charge in [-0.1, -0.05) is 0 Å². The second-order valence-electron chi connectivity index (χ2n) is 4.11. The Morgan fingerprint density at radius 2 is 1.94 bits per heavy atom. The van der Waals surface area contributed by atoms with Crippen molar-refractivity contribution in [2.24, 2.45) is 0 Å². The van der Waals surface area contributed by atoms with Gasteiger partial charge in [-0.15, -0.1) is 0 Å². The average molecular weight is 266 g/mol. The Bertz CT molecular complexity index is 342. The first-order chi connectivity index (χ1) is 7.71. The number of nitrogens with one attached hydrogen (secondary N) is 1. The lowest BCUT2D eigenvalue weighted by atomic mass is 10.2. The zero-order valence-electron chi connectivity index (χ0n) is 11.1. The van der Waals surface area contributed by atoms with Gasteiger partial charge in [0.2, 0.25) is 0 Å². The Labute approximate surface area is 103 Å². The summed E-state index contributed by atoms with van der Waals surface area (Å²) < 4.78 is 27.6. The molecule has 2 atom stereocenters. The van der Waals surface area contributed by atoms with Crippen LogP contribution in [0, 0.1) is 0 Å². The molecule has 0 saturated carbocycles. The van der Waals surface area contributed by atoms with Gasteiger partial charge in [0.15, 0.2) is 9.84 Å². The molecule has 0 unspecified atom stereocenters. The van der Waals surface area contributed by atoms with E-state index in [4.69, 9.17) is 4.74 Å². The van der Waals surface area contributed by atoms with E-state index in [1.807, 2.05) is 0 Å². The molecule has 0 aromatic carbocycles. The Morgan fingerprint density at radius 1 is 1.41 bits per heavy atom. The summed E-state index contributed by atoms with van der Waals surface area (Å²) in [5, 5.41) is 2.04. The molecule has 0 aromatic heterocycles. The first-order valence-corrected chi connectivity index (χ1v) is 7.35. The maximum absolute atomic E-state index is 11.7. The van der Waals surface area contributed by atoms with Crippen LogP contribution in [0.2, 0.25) is 0 Å². The molecule has 1 N–H and O–H groups in total. The molecule has 0 bridgehead atoms. The number of urea groups is 1. The zero-order chi connectivity index (χ0) is 13.6. The standard InChI is InChI=1S/C10H22N2O4S/c1-8(9(2)17(5,14)15)12(3)10(13)11-6-7-16-4/h8-9H,6-7H2,1-5H3,(H,11,13)/t8-,9-/m1/s1. The highest BCUT2D eigenvalue weighted by Gasteiger charge is 2.27. The first kappa shape index (κ1) is 16.2. The molecule has 0 saturated heterocycles. The monoisotopic (exact) mass is 266 g/mol. The molecule has 0 rings (SSSR count). The van der Waals surface area contributed by atoms with Gasteiger partial charge in [0.05, 0.1) is 11.9 Å². The number of ether oxygens (including phenoxy) is 1. The Kier molecular flexibility index (Phi) is 6.48. The first-order valence-electron chi connectivity index (χ1n) is 5.40. The van der Waals surface area contributed by atoms with Gasteiger partial charge >= 0.3 is 6.03 Å². The fraction of sp³-hybridized carbons (Fsp3) is 0.900. The molecule has 102 valence electrons. The van der Waals surface area contributed by atoms with Crippen LogP contribution < -0.4 is 5.32 Å². The van der Waals surface area contributed by atoms with Crippen LogP contribution in [0.1, 0.15) is 13.8 Å². The number of nitrogens with zero attached hydrogens (tertiary/aromatic N) is 1. The molecule has 0 aliphatic heterocycles. The summed E-state index contributed by atoms with van der Waals surface area (Å²) in [4.78, 5) is 13.0. The molecular formula is C10H22N2O4S. The van der Waals surface area contributed by atoms with Gasteiger partial charge in [-0.3, -0.25) is 0 Å². The predicted octanol–water partition coefficient (Wildman–Crippen LogP) is 0.0958. The lowest BCUT2D eigenvalue weighted by molar-refractivity contribution is 0.177. The number of hydrogen-bond donors (Lipinski definition) is 1. The molecule has 7 heteroatoms. The van der Waals surface area contributed by atoms with Gasteiger partial charge in [0.25, 0.3) is 0 Å². The number of hydrogen-bond acceptors (Lipinski definition) is 4. The van der Waals surface area contributed by atoms with E-state index in [9.17, 15) is 13.2 Å². The number of rotatable bonds is 6. The molecule has 0 aliphatic carbocycles. The summed E-state index contributed by atoms with van der Waals surface area (Å²) in [6, 6.07) is -0.683. The van der Waals surface area contributed by atoms with E-state index < -0.39 is 15.1 Å². The number of carbonyl (C=O) groups is 1. The Hall–Kier alpha value is -0.820. The van der Waals surface area contributed by atoms with E-state index in [0.29, 0.717) is 13.2 Å². The van der Waals surface area contributed by atoms with Crippen molar-refractivity contribution in [2.75, 3.05) is 33.6 Å². The highest BCUT2D eigenvalue weighted by atomic mass is 32.2. The van der Waals surface area contributed by atoms with E-state index in [0.717, 1.165) is 0 Å². The third-order valence-corrected chi connectivity index (χ3v) is 4.61. The van der Waals surface area contributed by atoms with Crippen molar-refractivity contribution in [3.8, 4) is 0 Å². The third-order valence-electron chi connectivity index (χ3n) is 2.87. The van der Waals surface area contributed by atoms with Crippen LogP contribution in [0.25, 0.3) is 0 Å². The largest absolute Gasteiger partial charge is 0.383 e. The summed E-state index contributed by atoms with van der Waals surface area (Å²) in [6.07, 6.45) is 1.17. The van der Waals surface area contributed by atoms with Crippen LogP contribution in [0.3, 0.4) is 0 Å². The molecule has 6 nitrogen and oxygen atoms in total. The highest BCUT2D eigenvalue weighted by Crippen LogP contribution is 2.09. The molecule has 0 heterocycles. The van der Waals surface area contributed by atoms with Crippen molar-refractivity contribution < 1.29 is 17.9 Å². The third kappa shape index (κ3) is 5.36. The maximum Gasteiger partial charge on any atom is 0.317 e. The van der Waals surface area contributed by atoms with E-state index in [-0.39, 0.29) is 12.1 Å². The number of methoxy groups -OCH3 is 1. The fourth-order valence-corrected chi connectivity index (χ4v) is 2.14. The number of amides is 2. The second-order valence-corrected chi connectivity index (χ2v) is 6.51. The molecule has 0 radical (unpaired) electrons. The summed E-state index contributed by atoms with van der Waals surface area (Å²) in [7, 11) is -0.0284. The quantitative estimate of drug-likeness (QED) is 0.692. The predicted molar refractivity (Wildman–Crippen MR) is 66.8 cm³/mol. The van der Waals surface area contributed by atoms with Gasteiger partial charge < -0.3 is 15.0 Å². The van der Waals surface area contributed by atoms with Gasteiger partial charge in [-0.05, 0) is 13.8 Å². The second kappa shape index (κ2) is 6.80. The molecule has 0 fully saturated rings. The molecule has 0 spiro atoms. The van der Waals surface area contributed by atoms with Gasteiger partial charge in [-0.25, -0.2) is 13.2 Å². The van der Waals surface area contributed by atoms with Crippen LogP contribution in [-0.4, -0.2) is 64.2 Å². The zero-order valence-corrected chi connectivity index (χ0v) is 11.9. The normalized spacial score (nSPS) is 15.1. The SMILES string of the molecule is COCCNC(=O)N(C)[C@H](C)[C@@H](C)S(C)(=O)=O. The molecule has 0 aromatic rings. The number of carbonyl (C=O) groups excluding carboxylic acids is 1. The smallest absolute Gasteiger partial charge is 0.317 e. The molecular weight excluding hydrogens is 244 g/mol. The summed E-state index contributed by atoms with van der Waals surface area (Å²) >= 11 is 0. The lowest BCUT2D eigenvalue weighted by Gasteiger charge is -2.29. The number of sulfone groups is 1. The topological polar surface area (TPSA) is 75.7 Å². The van der Waals surface area contributed by atoms with Gasteiger partial charge in [0, 0.05) is 33.0 Å². The van der Waals surface area contributed by atoms with Crippen LogP contribution in [0.5, 0.6) is 0 Å². The summed E-state index contributed by atoms with van der Waals surface area (Å²) in [6.45, 7) is 4.13. The minimum atomic E-state index is -3.15. The van der Waals surface area contributed by atoms with Crippen molar-refractivity contribution in [3.05, 3.63) is 0 Å². The van der Waals surface area contributed by atoms with Crippen LogP contribution in [0.4, 0.5) is 4.79 Å². The van der Waals surface area contributed by atoms with Crippen LogP contribution >= 0.6 is 0 Å². The van der Waals surface area contributed by atoms with Gasteiger partial charge in [-0.2, -0.15) is 0 Å². The van der Waals surface area contributed by atoms with Crippen molar-refractivity contribution >= 4 is 15.9 Å². The minimum absolute atomic E-state index is 0.301. The van der Waals surface area contributed by atoms with Crippen molar-refractivity contribution in [2.45, 2.75) is 25.1 Å². The van der Waals surface area contributed by atoms with Crippen molar-refractivity contribution in [3.63, 3.8) is 0 Å². The Morgan fingerprint density at radius 3 is 2.35 bits per heavy atom. The lowest BCUT2D eigenvalue weighted by Crippen LogP contribution is -2.49. The van der Waals surface area contributed by atoms with Crippen LogP contribution in [-0.2, 0) is 14.6 Å². The molecule has 17 heavy (non-hydrogen) atoms. The molecule has 0 aliphatic rings. The van der Waals surface area contributed by atoms with E-state index in [1.165, 1.54) is 11.2 Å². The molecule has 2 amide bonds. The van der Waals surface area contributed by atoms with E-state index >= 15 is 0 Å². The van der Waals surface area contributed by atoms with Crippen molar-refractivity contribution in [1.29, 1.82) is 0 Å².